The predicted molar refractivity (Wildman–Crippen MR) is 90.6 cm³/mol. The maximum absolute atomic E-state index is 12.3. The summed E-state index contributed by atoms with van der Waals surface area (Å²) in [5.74, 6) is 1.16. The maximum Gasteiger partial charge on any atom is 0.275 e. The zero-order valence-corrected chi connectivity index (χ0v) is 13.6. The molecule has 3 aromatic rings. The molecule has 2 aromatic heterocycles. The summed E-state index contributed by atoms with van der Waals surface area (Å²) < 4.78 is 8.78. The first kappa shape index (κ1) is 14.9. The zero-order valence-electron chi connectivity index (χ0n) is 13.6. The van der Waals surface area contributed by atoms with Crippen LogP contribution in [0.4, 0.5) is 5.95 Å². The van der Waals surface area contributed by atoms with Gasteiger partial charge in [-0.05, 0) is 12.5 Å². The third-order valence-corrected chi connectivity index (χ3v) is 4.26. The van der Waals surface area contributed by atoms with Crippen LogP contribution in [0.5, 0.6) is 0 Å². The summed E-state index contributed by atoms with van der Waals surface area (Å²) in [5.41, 5.74) is 1.87. The number of aromatic nitrogens is 4. The van der Waals surface area contributed by atoms with Crippen molar-refractivity contribution in [2.24, 2.45) is 0 Å². The van der Waals surface area contributed by atoms with Gasteiger partial charge in [-0.25, -0.2) is 0 Å². The van der Waals surface area contributed by atoms with Gasteiger partial charge in [0.2, 0.25) is 11.7 Å². The molecule has 0 amide bonds. The number of nitrogens with zero attached hydrogens (tertiary/aromatic N) is 5. The molecule has 0 spiro atoms. The zero-order chi connectivity index (χ0) is 16.5. The van der Waals surface area contributed by atoms with Gasteiger partial charge in [-0.15, -0.1) is 5.10 Å². The molecule has 1 saturated heterocycles. The number of benzene rings is 1. The van der Waals surface area contributed by atoms with Crippen LogP contribution in [0.15, 0.2) is 41.2 Å². The van der Waals surface area contributed by atoms with Crippen LogP contribution in [0.3, 0.4) is 0 Å². The quantitative estimate of drug-likeness (QED) is 0.721. The summed E-state index contributed by atoms with van der Waals surface area (Å²) in [6.45, 7) is 5.36. The van der Waals surface area contributed by atoms with Gasteiger partial charge < -0.3 is 14.2 Å². The minimum Gasteiger partial charge on any atom is -0.378 e. The molecule has 124 valence electrons. The molecule has 0 aliphatic carbocycles. The van der Waals surface area contributed by atoms with E-state index < -0.39 is 0 Å². The average molecular weight is 325 g/mol. The van der Waals surface area contributed by atoms with E-state index in [4.69, 9.17) is 4.74 Å². The fourth-order valence-electron chi connectivity index (χ4n) is 2.95. The molecule has 7 nitrogen and oxygen atoms in total. The van der Waals surface area contributed by atoms with E-state index >= 15 is 0 Å². The summed E-state index contributed by atoms with van der Waals surface area (Å²) >= 11 is 0. The van der Waals surface area contributed by atoms with E-state index in [0.717, 1.165) is 24.3 Å². The molecule has 0 N–H and O–H groups in total. The molecule has 0 radical (unpaired) electrons. The number of hydrogen-bond donors (Lipinski definition) is 0. The first-order valence-electron chi connectivity index (χ1n) is 8.06. The number of aryl methyl sites for hydroxylation is 1. The van der Waals surface area contributed by atoms with Crippen molar-refractivity contribution in [3.05, 3.63) is 58.0 Å². The summed E-state index contributed by atoms with van der Waals surface area (Å²) in [7, 11) is 0. The molecule has 3 heterocycles. The fraction of sp³-hybridized carbons (Fsp3) is 0.353. The third kappa shape index (κ3) is 2.67. The standard InChI is InChI=1S/C17H19N5O2/c1-13-11-15(23)22-17(21(13)12-14-5-3-2-4-6-14)18-16(19-22)20-7-9-24-10-8-20/h2-6,11H,7-10,12H2,1H3. The van der Waals surface area contributed by atoms with Gasteiger partial charge in [-0.3, -0.25) is 4.79 Å². The Hall–Kier alpha value is -2.67. The molecular weight excluding hydrogens is 306 g/mol. The SMILES string of the molecule is Cc1cc(=O)n2nc(N3CCOCC3)nc2n1Cc1ccccc1. The lowest BCUT2D eigenvalue weighted by atomic mass is 10.2. The van der Waals surface area contributed by atoms with Crippen LogP contribution in [-0.2, 0) is 11.3 Å². The second-order valence-electron chi connectivity index (χ2n) is 5.92. The van der Waals surface area contributed by atoms with Crippen molar-refractivity contribution >= 4 is 11.7 Å². The summed E-state index contributed by atoms with van der Waals surface area (Å²) in [6, 6.07) is 11.7. The molecule has 0 bridgehead atoms. The highest BCUT2D eigenvalue weighted by atomic mass is 16.5. The first-order chi connectivity index (χ1) is 11.7. The molecule has 0 unspecified atom stereocenters. The lowest BCUT2D eigenvalue weighted by Gasteiger charge is -2.25. The van der Waals surface area contributed by atoms with E-state index in [-0.39, 0.29) is 5.56 Å². The molecule has 1 fully saturated rings. The Morgan fingerprint density at radius 3 is 2.67 bits per heavy atom. The molecule has 1 aromatic carbocycles. The monoisotopic (exact) mass is 325 g/mol. The second-order valence-corrected chi connectivity index (χ2v) is 5.92. The average Bonchev–Trinajstić information content (AvgIpc) is 3.06. The molecular formula is C17H19N5O2. The van der Waals surface area contributed by atoms with Crippen molar-refractivity contribution in [3.63, 3.8) is 0 Å². The first-order valence-corrected chi connectivity index (χ1v) is 8.06. The van der Waals surface area contributed by atoms with Gasteiger partial charge in [0.25, 0.3) is 5.56 Å². The molecule has 4 rings (SSSR count). The highest BCUT2D eigenvalue weighted by Crippen LogP contribution is 2.14. The normalized spacial score (nSPS) is 15.1. The molecule has 1 aliphatic heterocycles. The number of anilines is 1. The Morgan fingerprint density at radius 2 is 1.92 bits per heavy atom. The van der Waals surface area contributed by atoms with Crippen LogP contribution in [-0.4, -0.2) is 45.5 Å². The lowest BCUT2D eigenvalue weighted by molar-refractivity contribution is 0.122. The molecule has 1 aliphatic rings. The summed E-state index contributed by atoms with van der Waals surface area (Å²) in [4.78, 5) is 19.0. The third-order valence-electron chi connectivity index (χ3n) is 4.26. The van der Waals surface area contributed by atoms with Crippen LogP contribution >= 0.6 is 0 Å². The van der Waals surface area contributed by atoms with Crippen molar-refractivity contribution in [2.75, 3.05) is 31.2 Å². The van der Waals surface area contributed by atoms with Gasteiger partial charge in [0.15, 0.2) is 0 Å². The van der Waals surface area contributed by atoms with Crippen molar-refractivity contribution in [1.29, 1.82) is 0 Å². The molecule has 0 atom stereocenters. The van der Waals surface area contributed by atoms with Crippen molar-refractivity contribution in [3.8, 4) is 0 Å². The topological polar surface area (TPSA) is 64.7 Å². The number of ether oxygens (including phenoxy) is 1. The number of morpholine rings is 1. The van der Waals surface area contributed by atoms with Crippen LogP contribution in [0.25, 0.3) is 5.78 Å². The lowest BCUT2D eigenvalue weighted by Crippen LogP contribution is -2.37. The van der Waals surface area contributed by atoms with Gasteiger partial charge in [-0.1, -0.05) is 30.3 Å². The van der Waals surface area contributed by atoms with Crippen molar-refractivity contribution < 1.29 is 4.74 Å². The van der Waals surface area contributed by atoms with Crippen molar-refractivity contribution in [2.45, 2.75) is 13.5 Å². The van der Waals surface area contributed by atoms with Gasteiger partial charge in [0.05, 0.1) is 19.8 Å². The maximum atomic E-state index is 12.3. The Balaban J connectivity index is 1.80. The van der Waals surface area contributed by atoms with E-state index in [0.29, 0.717) is 31.5 Å². The van der Waals surface area contributed by atoms with Crippen LogP contribution in [0, 0.1) is 6.92 Å². The Morgan fingerprint density at radius 1 is 1.17 bits per heavy atom. The van der Waals surface area contributed by atoms with Gasteiger partial charge >= 0.3 is 0 Å². The van der Waals surface area contributed by atoms with E-state index in [1.807, 2.05) is 29.7 Å². The van der Waals surface area contributed by atoms with Gasteiger partial charge in [0, 0.05) is 24.8 Å². The minimum atomic E-state index is -0.154. The molecule has 24 heavy (non-hydrogen) atoms. The number of hydrogen-bond acceptors (Lipinski definition) is 5. The Bertz CT molecular complexity index is 910. The van der Waals surface area contributed by atoms with Crippen LogP contribution in [0.1, 0.15) is 11.3 Å². The highest BCUT2D eigenvalue weighted by Gasteiger charge is 2.19. The smallest absolute Gasteiger partial charge is 0.275 e. The predicted octanol–water partition coefficient (Wildman–Crippen LogP) is 1.08. The van der Waals surface area contributed by atoms with E-state index in [9.17, 15) is 4.79 Å². The van der Waals surface area contributed by atoms with Gasteiger partial charge in [-0.2, -0.15) is 9.50 Å². The summed E-state index contributed by atoms with van der Waals surface area (Å²) in [5, 5.41) is 4.42. The Labute approximate surface area is 139 Å². The number of fused-ring (bicyclic) bond motifs is 1. The van der Waals surface area contributed by atoms with Crippen LogP contribution < -0.4 is 10.5 Å². The van der Waals surface area contributed by atoms with Crippen molar-refractivity contribution in [1.82, 2.24) is 19.2 Å². The van der Waals surface area contributed by atoms with Gasteiger partial charge in [0.1, 0.15) is 0 Å². The van der Waals surface area contributed by atoms with E-state index in [2.05, 4.69) is 27.1 Å². The fourth-order valence-corrected chi connectivity index (χ4v) is 2.95. The van der Waals surface area contributed by atoms with E-state index in [1.165, 1.54) is 4.52 Å². The minimum absolute atomic E-state index is 0.154. The summed E-state index contributed by atoms with van der Waals surface area (Å²) in [6.07, 6.45) is 0. The number of rotatable bonds is 3. The molecule has 0 saturated carbocycles. The van der Waals surface area contributed by atoms with Crippen LogP contribution in [0.2, 0.25) is 0 Å². The Kier molecular flexibility index (Phi) is 3.78. The largest absolute Gasteiger partial charge is 0.378 e. The second kappa shape index (κ2) is 6.09. The highest BCUT2D eigenvalue weighted by molar-refractivity contribution is 5.41. The molecule has 7 heteroatoms. The van der Waals surface area contributed by atoms with E-state index in [1.54, 1.807) is 6.07 Å².